The van der Waals surface area contributed by atoms with Crippen molar-refractivity contribution >= 4 is 11.6 Å². The lowest BCUT2D eigenvalue weighted by Crippen LogP contribution is -2.42. The van der Waals surface area contributed by atoms with Gasteiger partial charge in [0.05, 0.1) is 11.3 Å². The molecule has 0 saturated carbocycles. The molecule has 0 aliphatic carbocycles. The fourth-order valence-corrected chi connectivity index (χ4v) is 2.72. The maximum absolute atomic E-state index is 13.4. The third kappa shape index (κ3) is 2.47. The molecule has 1 aliphatic rings. The van der Waals surface area contributed by atoms with E-state index in [0.29, 0.717) is 11.8 Å². The number of hydrogen-bond acceptors (Lipinski definition) is 2. The van der Waals surface area contributed by atoms with Crippen LogP contribution in [0.1, 0.15) is 30.6 Å². The van der Waals surface area contributed by atoms with Crippen LogP contribution in [0, 0.1) is 17.7 Å². The number of carbonyl (C=O) groups excluding carboxylic acids is 1. The zero-order valence-corrected chi connectivity index (χ0v) is 10.8. The van der Waals surface area contributed by atoms with Crippen LogP contribution in [0.2, 0.25) is 0 Å². The first-order valence-corrected chi connectivity index (χ1v) is 6.32. The molecule has 1 amide bonds. The monoisotopic (exact) mass is 250 g/mol. The Morgan fingerprint density at radius 3 is 2.56 bits per heavy atom. The molecule has 4 heteroatoms. The molecule has 1 fully saturated rings. The summed E-state index contributed by atoms with van der Waals surface area (Å²) in [4.78, 5) is 14.1. The maximum atomic E-state index is 13.4. The first-order valence-electron chi connectivity index (χ1n) is 6.32. The Kier molecular flexibility index (Phi) is 3.55. The van der Waals surface area contributed by atoms with Crippen molar-refractivity contribution in [1.82, 2.24) is 4.90 Å². The van der Waals surface area contributed by atoms with Gasteiger partial charge in [-0.3, -0.25) is 4.79 Å². The summed E-state index contributed by atoms with van der Waals surface area (Å²) in [6.07, 6.45) is 1.13. The molecule has 3 nitrogen and oxygen atoms in total. The molecule has 1 aromatic rings. The molecule has 1 saturated heterocycles. The van der Waals surface area contributed by atoms with Crippen LogP contribution in [0.4, 0.5) is 10.1 Å². The summed E-state index contributed by atoms with van der Waals surface area (Å²) in [6, 6.07) is 4.38. The van der Waals surface area contributed by atoms with Crippen LogP contribution in [0.15, 0.2) is 18.2 Å². The highest BCUT2D eigenvalue weighted by Crippen LogP contribution is 2.24. The Morgan fingerprint density at radius 1 is 1.33 bits per heavy atom. The van der Waals surface area contributed by atoms with Crippen molar-refractivity contribution in [2.45, 2.75) is 20.3 Å². The van der Waals surface area contributed by atoms with Gasteiger partial charge in [-0.1, -0.05) is 19.9 Å². The standard InChI is InChI=1S/C14H19FN2O/c1-9-6-10(2)8-17(7-9)14(18)11-4-3-5-12(15)13(11)16/h3-5,9-10H,6-8,16H2,1-2H3. The lowest BCUT2D eigenvalue weighted by molar-refractivity contribution is 0.0624. The van der Waals surface area contributed by atoms with Gasteiger partial charge in [0.1, 0.15) is 5.82 Å². The molecule has 0 aromatic heterocycles. The zero-order chi connectivity index (χ0) is 13.3. The molecule has 2 atom stereocenters. The van der Waals surface area contributed by atoms with E-state index < -0.39 is 5.82 Å². The number of nitrogens with two attached hydrogens (primary N) is 1. The molecule has 1 aliphatic heterocycles. The maximum Gasteiger partial charge on any atom is 0.256 e. The van der Waals surface area contributed by atoms with Gasteiger partial charge in [0.2, 0.25) is 0 Å². The Labute approximate surface area is 107 Å². The number of benzene rings is 1. The lowest BCUT2D eigenvalue weighted by Gasteiger charge is -2.35. The van der Waals surface area contributed by atoms with Crippen molar-refractivity contribution in [1.29, 1.82) is 0 Å². The van der Waals surface area contributed by atoms with Crippen LogP contribution < -0.4 is 5.73 Å². The number of rotatable bonds is 1. The van der Waals surface area contributed by atoms with Crippen LogP contribution in [0.25, 0.3) is 0 Å². The third-order valence-corrected chi connectivity index (χ3v) is 3.44. The number of halogens is 1. The lowest BCUT2D eigenvalue weighted by atomic mass is 9.91. The van der Waals surface area contributed by atoms with Crippen LogP contribution in [-0.2, 0) is 0 Å². The fourth-order valence-electron chi connectivity index (χ4n) is 2.72. The largest absolute Gasteiger partial charge is 0.396 e. The number of likely N-dealkylation sites (tertiary alicyclic amines) is 1. The van der Waals surface area contributed by atoms with Gasteiger partial charge < -0.3 is 10.6 Å². The summed E-state index contributed by atoms with van der Waals surface area (Å²) in [7, 11) is 0. The van der Waals surface area contributed by atoms with Crippen molar-refractivity contribution in [3.63, 3.8) is 0 Å². The Balaban J connectivity index is 2.23. The average Bonchev–Trinajstić information content (AvgIpc) is 2.30. The van der Waals surface area contributed by atoms with E-state index in [1.165, 1.54) is 12.1 Å². The smallest absolute Gasteiger partial charge is 0.256 e. The highest BCUT2D eigenvalue weighted by molar-refractivity contribution is 5.99. The average molecular weight is 250 g/mol. The molecular formula is C14H19FN2O. The first-order chi connectivity index (χ1) is 8.49. The minimum absolute atomic E-state index is 0.0478. The van der Waals surface area contributed by atoms with Crippen LogP contribution in [0.3, 0.4) is 0 Å². The zero-order valence-electron chi connectivity index (χ0n) is 10.8. The summed E-state index contributed by atoms with van der Waals surface area (Å²) < 4.78 is 13.4. The minimum atomic E-state index is -0.529. The molecule has 1 heterocycles. The molecular weight excluding hydrogens is 231 g/mol. The van der Waals surface area contributed by atoms with Crippen molar-refractivity contribution < 1.29 is 9.18 Å². The summed E-state index contributed by atoms with van der Waals surface area (Å²) >= 11 is 0. The molecule has 98 valence electrons. The van der Waals surface area contributed by atoms with Crippen molar-refractivity contribution in [3.8, 4) is 0 Å². The first kappa shape index (κ1) is 12.9. The molecule has 18 heavy (non-hydrogen) atoms. The Hall–Kier alpha value is -1.58. The van der Waals surface area contributed by atoms with E-state index in [4.69, 9.17) is 5.73 Å². The van der Waals surface area contributed by atoms with Gasteiger partial charge in [0.25, 0.3) is 5.91 Å². The Bertz CT molecular complexity index is 451. The second kappa shape index (κ2) is 4.96. The predicted molar refractivity (Wildman–Crippen MR) is 69.7 cm³/mol. The van der Waals surface area contributed by atoms with Gasteiger partial charge in [0, 0.05) is 13.1 Å². The van der Waals surface area contributed by atoms with E-state index in [-0.39, 0.29) is 17.2 Å². The fraction of sp³-hybridized carbons (Fsp3) is 0.500. The van der Waals surface area contributed by atoms with E-state index >= 15 is 0 Å². The number of nitrogen functional groups attached to an aromatic ring is 1. The van der Waals surface area contributed by atoms with Gasteiger partial charge in [0.15, 0.2) is 0 Å². The van der Waals surface area contributed by atoms with Gasteiger partial charge in [-0.2, -0.15) is 0 Å². The minimum Gasteiger partial charge on any atom is -0.396 e. The van der Waals surface area contributed by atoms with Gasteiger partial charge in [-0.15, -0.1) is 0 Å². The molecule has 0 spiro atoms. The molecule has 0 bridgehead atoms. The van der Waals surface area contributed by atoms with Crippen molar-refractivity contribution in [3.05, 3.63) is 29.6 Å². The number of amides is 1. The number of nitrogens with zero attached hydrogens (tertiary/aromatic N) is 1. The van der Waals surface area contributed by atoms with E-state index in [2.05, 4.69) is 13.8 Å². The van der Waals surface area contributed by atoms with E-state index in [1.807, 2.05) is 0 Å². The topological polar surface area (TPSA) is 46.3 Å². The third-order valence-electron chi connectivity index (χ3n) is 3.44. The SMILES string of the molecule is CC1CC(C)CN(C(=O)c2cccc(F)c2N)C1. The van der Waals surface area contributed by atoms with E-state index in [0.717, 1.165) is 19.5 Å². The summed E-state index contributed by atoms with van der Waals surface area (Å²) in [6.45, 7) is 5.70. The molecule has 0 radical (unpaired) electrons. The normalized spacial score (nSPS) is 24.1. The summed E-state index contributed by atoms with van der Waals surface area (Å²) in [5.74, 6) is 0.268. The number of carbonyl (C=O) groups is 1. The molecule has 2 rings (SSSR count). The number of hydrogen-bond donors (Lipinski definition) is 1. The van der Waals surface area contributed by atoms with Crippen molar-refractivity contribution in [2.75, 3.05) is 18.8 Å². The molecule has 2 unspecified atom stereocenters. The summed E-state index contributed by atoms with van der Waals surface area (Å²) in [5, 5.41) is 0. The quantitative estimate of drug-likeness (QED) is 0.778. The molecule has 1 aromatic carbocycles. The Morgan fingerprint density at radius 2 is 1.94 bits per heavy atom. The second-order valence-corrected chi connectivity index (χ2v) is 5.36. The van der Waals surface area contributed by atoms with Gasteiger partial charge in [-0.05, 0) is 30.4 Å². The number of piperidine rings is 1. The van der Waals surface area contributed by atoms with Crippen LogP contribution >= 0.6 is 0 Å². The number of anilines is 1. The van der Waals surface area contributed by atoms with Gasteiger partial charge in [-0.25, -0.2) is 4.39 Å². The second-order valence-electron chi connectivity index (χ2n) is 5.36. The molecule has 2 N–H and O–H groups in total. The van der Waals surface area contributed by atoms with E-state index in [9.17, 15) is 9.18 Å². The highest BCUT2D eigenvalue weighted by Gasteiger charge is 2.27. The summed E-state index contributed by atoms with van der Waals surface area (Å²) in [5.41, 5.74) is 5.86. The number of para-hydroxylation sites is 1. The van der Waals surface area contributed by atoms with Crippen LogP contribution in [-0.4, -0.2) is 23.9 Å². The van der Waals surface area contributed by atoms with Crippen molar-refractivity contribution in [2.24, 2.45) is 11.8 Å². The van der Waals surface area contributed by atoms with Crippen LogP contribution in [0.5, 0.6) is 0 Å². The highest BCUT2D eigenvalue weighted by atomic mass is 19.1. The predicted octanol–water partition coefficient (Wildman–Crippen LogP) is 2.53. The van der Waals surface area contributed by atoms with E-state index in [1.54, 1.807) is 11.0 Å². The van der Waals surface area contributed by atoms with Gasteiger partial charge >= 0.3 is 0 Å².